The highest BCUT2D eigenvalue weighted by atomic mass is 79.9. The Morgan fingerprint density at radius 2 is 2.26 bits per heavy atom. The number of methoxy groups -OCH3 is 1. The van der Waals surface area contributed by atoms with Gasteiger partial charge in [-0.3, -0.25) is 14.6 Å². The molecule has 2 rings (SSSR count). The highest BCUT2D eigenvalue weighted by molar-refractivity contribution is 9.10. The third-order valence-electron chi connectivity index (χ3n) is 3.09. The van der Waals surface area contributed by atoms with Gasteiger partial charge in [0.2, 0.25) is 0 Å². The largest absolute Gasteiger partial charge is 0.469 e. The minimum Gasteiger partial charge on any atom is -0.469 e. The van der Waals surface area contributed by atoms with Crippen LogP contribution in [0.25, 0.3) is 0 Å². The number of nitrogens with zero attached hydrogens (tertiary/aromatic N) is 1. The van der Waals surface area contributed by atoms with Crippen molar-refractivity contribution in [3.63, 3.8) is 0 Å². The van der Waals surface area contributed by atoms with Crippen LogP contribution in [0.4, 0.5) is 0 Å². The minimum absolute atomic E-state index is 0.154. The van der Waals surface area contributed by atoms with Gasteiger partial charge < -0.3 is 10.1 Å². The molecule has 1 fully saturated rings. The van der Waals surface area contributed by atoms with E-state index in [9.17, 15) is 9.59 Å². The van der Waals surface area contributed by atoms with E-state index >= 15 is 0 Å². The van der Waals surface area contributed by atoms with Gasteiger partial charge in [0.15, 0.2) is 0 Å². The molecule has 102 valence electrons. The van der Waals surface area contributed by atoms with Crippen molar-refractivity contribution in [3.05, 3.63) is 28.5 Å². The minimum atomic E-state index is -0.301. The first-order chi connectivity index (χ1) is 9.10. The zero-order valence-electron chi connectivity index (χ0n) is 10.6. The van der Waals surface area contributed by atoms with Crippen molar-refractivity contribution in [2.24, 2.45) is 5.92 Å². The summed E-state index contributed by atoms with van der Waals surface area (Å²) < 4.78 is 5.40. The first-order valence-corrected chi connectivity index (χ1v) is 6.87. The standard InChI is InChI=1S/C13H15BrN2O3/c1-19-12(17)5-11(8-2-3-8)16-13(18)9-4-10(14)7-15-6-9/h4,6-8,11H,2-3,5H2,1H3,(H,16,18). The molecule has 1 N–H and O–H groups in total. The molecular weight excluding hydrogens is 312 g/mol. The smallest absolute Gasteiger partial charge is 0.307 e. The normalized spacial score (nSPS) is 15.7. The lowest BCUT2D eigenvalue weighted by Crippen LogP contribution is -2.38. The van der Waals surface area contributed by atoms with E-state index < -0.39 is 0 Å². The van der Waals surface area contributed by atoms with Crippen LogP contribution < -0.4 is 5.32 Å². The molecule has 0 saturated heterocycles. The van der Waals surface area contributed by atoms with E-state index in [1.54, 1.807) is 12.3 Å². The number of hydrogen-bond donors (Lipinski definition) is 1. The number of halogens is 1. The second-order valence-corrected chi connectivity index (χ2v) is 5.51. The summed E-state index contributed by atoms with van der Waals surface area (Å²) in [4.78, 5) is 27.4. The Morgan fingerprint density at radius 3 is 2.84 bits per heavy atom. The van der Waals surface area contributed by atoms with Crippen molar-refractivity contribution in [3.8, 4) is 0 Å². The molecule has 1 unspecified atom stereocenters. The number of rotatable bonds is 5. The monoisotopic (exact) mass is 326 g/mol. The molecule has 0 aromatic carbocycles. The van der Waals surface area contributed by atoms with Crippen molar-refractivity contribution < 1.29 is 14.3 Å². The second-order valence-electron chi connectivity index (χ2n) is 4.59. The van der Waals surface area contributed by atoms with Gasteiger partial charge in [-0.25, -0.2) is 0 Å². The zero-order valence-corrected chi connectivity index (χ0v) is 12.1. The zero-order chi connectivity index (χ0) is 13.8. The van der Waals surface area contributed by atoms with Gasteiger partial charge in [0.25, 0.3) is 5.91 Å². The van der Waals surface area contributed by atoms with Crippen molar-refractivity contribution in [1.29, 1.82) is 0 Å². The lowest BCUT2D eigenvalue weighted by Gasteiger charge is -2.17. The average Bonchev–Trinajstić information content (AvgIpc) is 3.22. The molecule has 1 aromatic rings. The Labute approximate surface area is 119 Å². The fraction of sp³-hybridized carbons (Fsp3) is 0.462. The Morgan fingerprint density at radius 1 is 1.53 bits per heavy atom. The summed E-state index contributed by atoms with van der Waals surface area (Å²) in [6, 6.07) is 1.55. The molecule has 5 nitrogen and oxygen atoms in total. The Balaban J connectivity index is 2.00. The molecule has 0 spiro atoms. The first kappa shape index (κ1) is 14.0. The van der Waals surface area contributed by atoms with Crippen LogP contribution >= 0.6 is 15.9 Å². The molecule has 1 saturated carbocycles. The number of nitrogens with one attached hydrogen (secondary N) is 1. The van der Waals surface area contributed by atoms with Crippen LogP contribution in [0.2, 0.25) is 0 Å². The number of pyridine rings is 1. The molecule has 1 aliphatic rings. The predicted molar refractivity (Wildman–Crippen MR) is 72.5 cm³/mol. The molecule has 0 bridgehead atoms. The number of aromatic nitrogens is 1. The number of hydrogen-bond acceptors (Lipinski definition) is 4. The molecule has 1 aromatic heterocycles. The van der Waals surface area contributed by atoms with Crippen molar-refractivity contribution >= 4 is 27.8 Å². The molecule has 19 heavy (non-hydrogen) atoms. The van der Waals surface area contributed by atoms with Gasteiger partial charge in [0.05, 0.1) is 19.1 Å². The molecule has 6 heteroatoms. The molecule has 0 aliphatic heterocycles. The number of carbonyl (C=O) groups is 2. The molecule has 1 heterocycles. The Hall–Kier alpha value is -1.43. The SMILES string of the molecule is COC(=O)CC(NC(=O)c1cncc(Br)c1)C1CC1. The third-order valence-corrected chi connectivity index (χ3v) is 3.52. The molecule has 0 radical (unpaired) electrons. The summed E-state index contributed by atoms with van der Waals surface area (Å²) in [6.45, 7) is 0. The molecule has 1 amide bonds. The van der Waals surface area contributed by atoms with Crippen LogP contribution in [0.3, 0.4) is 0 Å². The van der Waals surface area contributed by atoms with Crippen LogP contribution in [0.15, 0.2) is 22.9 Å². The summed E-state index contributed by atoms with van der Waals surface area (Å²) in [7, 11) is 1.35. The maximum atomic E-state index is 12.1. The topological polar surface area (TPSA) is 68.3 Å². The van der Waals surface area contributed by atoms with E-state index in [1.165, 1.54) is 13.3 Å². The van der Waals surface area contributed by atoms with E-state index in [0.717, 1.165) is 17.3 Å². The van der Waals surface area contributed by atoms with E-state index in [0.29, 0.717) is 11.5 Å². The third kappa shape index (κ3) is 4.02. The van der Waals surface area contributed by atoms with E-state index in [1.807, 2.05) is 0 Å². The fourth-order valence-electron chi connectivity index (χ4n) is 1.88. The lowest BCUT2D eigenvalue weighted by atomic mass is 10.1. The Bertz CT molecular complexity index is 489. The Kier molecular flexibility index (Phi) is 4.52. The van der Waals surface area contributed by atoms with Gasteiger partial charge in [0.1, 0.15) is 0 Å². The van der Waals surface area contributed by atoms with Gasteiger partial charge in [-0.1, -0.05) is 0 Å². The summed E-state index contributed by atoms with van der Waals surface area (Å²) in [5, 5.41) is 2.89. The lowest BCUT2D eigenvalue weighted by molar-refractivity contribution is -0.141. The van der Waals surface area contributed by atoms with Gasteiger partial charge in [-0.05, 0) is 40.8 Å². The predicted octanol–water partition coefficient (Wildman–Crippen LogP) is 1.92. The van der Waals surface area contributed by atoms with E-state index in [-0.39, 0.29) is 24.3 Å². The van der Waals surface area contributed by atoms with Crippen LogP contribution in [0.5, 0.6) is 0 Å². The van der Waals surface area contributed by atoms with Crippen LogP contribution in [-0.2, 0) is 9.53 Å². The highest BCUT2D eigenvalue weighted by Crippen LogP contribution is 2.34. The van der Waals surface area contributed by atoms with Gasteiger partial charge in [-0.15, -0.1) is 0 Å². The van der Waals surface area contributed by atoms with E-state index in [4.69, 9.17) is 0 Å². The summed E-state index contributed by atoms with van der Waals surface area (Å²) in [6.07, 6.45) is 5.41. The molecular formula is C13H15BrN2O3. The quantitative estimate of drug-likeness (QED) is 0.839. The molecule has 1 aliphatic carbocycles. The summed E-state index contributed by atoms with van der Waals surface area (Å²) >= 11 is 3.27. The second kappa shape index (κ2) is 6.14. The number of amides is 1. The van der Waals surface area contributed by atoms with Crippen LogP contribution in [0.1, 0.15) is 29.6 Å². The van der Waals surface area contributed by atoms with Crippen LogP contribution in [-0.4, -0.2) is 30.0 Å². The van der Waals surface area contributed by atoms with Crippen molar-refractivity contribution in [2.75, 3.05) is 7.11 Å². The van der Waals surface area contributed by atoms with Crippen LogP contribution in [0, 0.1) is 5.92 Å². The molecule has 1 atom stereocenters. The number of carbonyl (C=O) groups excluding carboxylic acids is 2. The van der Waals surface area contributed by atoms with Gasteiger partial charge in [0, 0.05) is 22.9 Å². The first-order valence-electron chi connectivity index (χ1n) is 6.08. The number of esters is 1. The van der Waals surface area contributed by atoms with Crippen molar-refractivity contribution in [2.45, 2.75) is 25.3 Å². The highest BCUT2D eigenvalue weighted by Gasteiger charge is 2.34. The van der Waals surface area contributed by atoms with Gasteiger partial charge in [-0.2, -0.15) is 0 Å². The van der Waals surface area contributed by atoms with E-state index in [2.05, 4.69) is 31.0 Å². The summed E-state index contributed by atoms with van der Waals surface area (Å²) in [5.74, 6) is -0.137. The fourth-order valence-corrected chi connectivity index (χ4v) is 2.25. The number of ether oxygens (including phenoxy) is 1. The maximum absolute atomic E-state index is 12.1. The van der Waals surface area contributed by atoms with Gasteiger partial charge >= 0.3 is 5.97 Å². The van der Waals surface area contributed by atoms with Crippen molar-refractivity contribution in [1.82, 2.24) is 10.3 Å². The maximum Gasteiger partial charge on any atom is 0.307 e. The average molecular weight is 327 g/mol. The summed E-state index contributed by atoms with van der Waals surface area (Å²) in [5.41, 5.74) is 0.477.